The number of hydrogen-bond acceptors (Lipinski definition) is 5. The van der Waals surface area contributed by atoms with Gasteiger partial charge in [-0.25, -0.2) is 0 Å². The van der Waals surface area contributed by atoms with Crippen LogP contribution in [0.15, 0.2) is 72.8 Å². The van der Waals surface area contributed by atoms with Crippen molar-refractivity contribution in [3.05, 3.63) is 105 Å². The largest absolute Gasteiger partial charge is 0.387 e. The Balaban J connectivity index is 1.46. The quantitative estimate of drug-likeness (QED) is 0.303. The van der Waals surface area contributed by atoms with Gasteiger partial charge < -0.3 is 24.1 Å². The second kappa shape index (κ2) is 13.6. The Morgan fingerprint density at radius 3 is 1.59 bits per heavy atom. The smallest absolute Gasteiger partial charge is 0.147 e. The van der Waals surface area contributed by atoms with Gasteiger partial charge in [-0.1, -0.05) is 77.1 Å². The summed E-state index contributed by atoms with van der Waals surface area (Å²) in [6.07, 6.45) is 1.85. The summed E-state index contributed by atoms with van der Waals surface area (Å²) >= 11 is 18.0. The van der Waals surface area contributed by atoms with Crippen molar-refractivity contribution in [2.75, 3.05) is 6.61 Å². The molecule has 194 valence electrons. The number of hydrogen-bond donors (Lipinski definition) is 1. The summed E-state index contributed by atoms with van der Waals surface area (Å²) in [5.74, 6) is 2.65. The van der Waals surface area contributed by atoms with E-state index in [4.69, 9.17) is 60.2 Å². The summed E-state index contributed by atoms with van der Waals surface area (Å²) in [6.45, 7) is 0.925. The lowest BCUT2D eigenvalue weighted by Crippen LogP contribution is -2.60. The highest BCUT2D eigenvalue weighted by Crippen LogP contribution is 2.28. The molecule has 1 fully saturated rings. The van der Waals surface area contributed by atoms with Crippen molar-refractivity contribution >= 4 is 34.8 Å². The van der Waals surface area contributed by atoms with Crippen molar-refractivity contribution in [1.29, 1.82) is 0 Å². The maximum atomic E-state index is 11.3. The lowest BCUT2D eigenvalue weighted by Gasteiger charge is -2.43. The van der Waals surface area contributed by atoms with Gasteiger partial charge in [-0.05, 0) is 53.1 Å². The lowest BCUT2D eigenvalue weighted by atomic mass is 9.94. The van der Waals surface area contributed by atoms with Crippen molar-refractivity contribution in [2.45, 2.75) is 50.3 Å². The van der Waals surface area contributed by atoms with Gasteiger partial charge in [0.1, 0.15) is 30.5 Å². The molecule has 1 N–H and O–H groups in total. The first-order valence-corrected chi connectivity index (χ1v) is 12.9. The molecular formula is C29H27Cl3O5. The number of terminal acetylenes is 1. The van der Waals surface area contributed by atoms with E-state index in [-0.39, 0.29) is 19.8 Å². The van der Waals surface area contributed by atoms with Crippen LogP contribution in [-0.2, 0) is 38.8 Å². The first-order chi connectivity index (χ1) is 17.9. The lowest BCUT2D eigenvalue weighted by molar-refractivity contribution is -0.248. The van der Waals surface area contributed by atoms with Gasteiger partial charge in [0.25, 0.3) is 0 Å². The number of rotatable bonds is 10. The van der Waals surface area contributed by atoms with Crippen molar-refractivity contribution in [2.24, 2.45) is 0 Å². The molecule has 0 unspecified atom stereocenters. The highest BCUT2D eigenvalue weighted by atomic mass is 35.5. The standard InChI is InChI=1S/C29H27Cl3O5/c1-2-25-28(35-16-20-5-11-23(31)12-6-20)29(36-17-21-7-13-24(32)14-8-21)27(33)26(37-25)18-34-15-19-3-9-22(30)10-4-19/h1,3-14,25-29,33H,15-18H2/t25-,26-,27-,28+,29+/m1/s1. The van der Waals surface area contributed by atoms with Crippen LogP contribution in [0.1, 0.15) is 16.7 Å². The maximum absolute atomic E-state index is 11.3. The number of aliphatic hydroxyl groups is 1. The van der Waals surface area contributed by atoms with Crippen LogP contribution in [0.4, 0.5) is 0 Å². The van der Waals surface area contributed by atoms with E-state index < -0.39 is 30.5 Å². The van der Waals surface area contributed by atoms with E-state index in [2.05, 4.69) is 5.92 Å². The summed E-state index contributed by atoms with van der Waals surface area (Å²) in [6, 6.07) is 21.9. The maximum Gasteiger partial charge on any atom is 0.147 e. The molecule has 0 saturated carbocycles. The van der Waals surface area contributed by atoms with Crippen LogP contribution in [0, 0.1) is 12.3 Å². The van der Waals surface area contributed by atoms with Crippen LogP contribution < -0.4 is 0 Å². The monoisotopic (exact) mass is 560 g/mol. The molecule has 0 aromatic heterocycles. The summed E-state index contributed by atoms with van der Waals surface area (Å²) < 4.78 is 24.3. The molecular weight excluding hydrogens is 535 g/mol. The van der Waals surface area contributed by atoms with E-state index in [1.54, 1.807) is 36.4 Å². The normalized spacial score (nSPS) is 23.5. The third-order valence-corrected chi connectivity index (χ3v) is 6.76. The van der Waals surface area contributed by atoms with Crippen LogP contribution in [0.5, 0.6) is 0 Å². The van der Waals surface area contributed by atoms with E-state index in [9.17, 15) is 5.11 Å². The van der Waals surface area contributed by atoms with E-state index in [1.807, 2.05) is 36.4 Å². The summed E-state index contributed by atoms with van der Waals surface area (Å²) in [5.41, 5.74) is 2.75. The zero-order valence-electron chi connectivity index (χ0n) is 19.9. The molecule has 1 aliphatic heterocycles. The van der Waals surface area contributed by atoms with Crippen LogP contribution in [0.3, 0.4) is 0 Å². The minimum atomic E-state index is -1.04. The second-order valence-corrected chi connectivity index (χ2v) is 10.0. The summed E-state index contributed by atoms with van der Waals surface area (Å²) in [5, 5.41) is 13.2. The molecule has 8 heteroatoms. The van der Waals surface area contributed by atoms with Gasteiger partial charge in [0.05, 0.1) is 26.4 Å². The van der Waals surface area contributed by atoms with Crippen LogP contribution in [0.25, 0.3) is 0 Å². The third kappa shape index (κ3) is 7.94. The molecule has 37 heavy (non-hydrogen) atoms. The Labute approximate surface area is 232 Å². The second-order valence-electron chi connectivity index (χ2n) is 8.70. The number of halogens is 3. The Morgan fingerprint density at radius 2 is 1.14 bits per heavy atom. The molecule has 1 heterocycles. The molecule has 5 atom stereocenters. The van der Waals surface area contributed by atoms with Gasteiger partial charge in [0, 0.05) is 15.1 Å². The Morgan fingerprint density at radius 1 is 0.703 bits per heavy atom. The van der Waals surface area contributed by atoms with Crippen LogP contribution >= 0.6 is 34.8 Å². The van der Waals surface area contributed by atoms with Gasteiger partial charge in [-0.3, -0.25) is 0 Å². The van der Waals surface area contributed by atoms with Crippen molar-refractivity contribution in [3.63, 3.8) is 0 Å². The van der Waals surface area contributed by atoms with Gasteiger partial charge in [0.15, 0.2) is 0 Å². The number of aliphatic hydroxyl groups excluding tert-OH is 1. The first kappa shape index (κ1) is 27.9. The fraction of sp³-hybridized carbons (Fsp3) is 0.310. The predicted octanol–water partition coefficient (Wildman–Crippen LogP) is 6.10. The number of benzene rings is 3. The molecule has 5 nitrogen and oxygen atoms in total. The average Bonchev–Trinajstić information content (AvgIpc) is 2.91. The zero-order chi connectivity index (χ0) is 26.2. The Bertz CT molecular complexity index is 1160. The minimum Gasteiger partial charge on any atom is -0.387 e. The van der Waals surface area contributed by atoms with Crippen LogP contribution in [0.2, 0.25) is 15.1 Å². The van der Waals surface area contributed by atoms with E-state index in [1.165, 1.54) is 0 Å². The molecule has 0 aliphatic carbocycles. The van der Waals surface area contributed by atoms with E-state index >= 15 is 0 Å². The average molecular weight is 562 g/mol. The van der Waals surface area contributed by atoms with Crippen molar-refractivity contribution in [3.8, 4) is 12.3 Å². The predicted molar refractivity (Wildman–Crippen MR) is 145 cm³/mol. The topological polar surface area (TPSA) is 57.2 Å². The molecule has 0 amide bonds. The van der Waals surface area contributed by atoms with Gasteiger partial charge in [-0.15, -0.1) is 6.42 Å². The molecule has 1 aliphatic rings. The van der Waals surface area contributed by atoms with E-state index in [0.29, 0.717) is 21.7 Å². The van der Waals surface area contributed by atoms with Crippen molar-refractivity contribution in [1.82, 2.24) is 0 Å². The number of ether oxygens (including phenoxy) is 4. The third-order valence-electron chi connectivity index (χ3n) is 6.00. The Kier molecular flexibility index (Phi) is 10.3. The highest BCUT2D eigenvalue weighted by Gasteiger charge is 2.46. The minimum absolute atomic E-state index is 0.118. The molecule has 0 radical (unpaired) electrons. The molecule has 0 spiro atoms. The molecule has 3 aromatic carbocycles. The van der Waals surface area contributed by atoms with Crippen molar-refractivity contribution < 1.29 is 24.1 Å². The molecule has 0 bridgehead atoms. The zero-order valence-corrected chi connectivity index (χ0v) is 22.2. The van der Waals surface area contributed by atoms with Crippen LogP contribution in [-0.4, -0.2) is 42.2 Å². The fourth-order valence-corrected chi connectivity index (χ4v) is 4.37. The van der Waals surface area contributed by atoms with Gasteiger partial charge in [0.2, 0.25) is 0 Å². The fourth-order valence-electron chi connectivity index (χ4n) is 3.99. The SMILES string of the molecule is C#C[C@H]1O[C@H](COCc2ccc(Cl)cc2)[C@@H](O)[C@H](OCc2ccc(Cl)cc2)[C@H]1OCc1ccc(Cl)cc1. The first-order valence-electron chi connectivity index (χ1n) is 11.8. The summed E-state index contributed by atoms with van der Waals surface area (Å²) in [7, 11) is 0. The summed E-state index contributed by atoms with van der Waals surface area (Å²) in [4.78, 5) is 0. The Hall–Kier alpha value is -2.11. The molecule has 4 rings (SSSR count). The van der Waals surface area contributed by atoms with Gasteiger partial charge in [-0.2, -0.15) is 0 Å². The molecule has 1 saturated heterocycles. The van der Waals surface area contributed by atoms with Gasteiger partial charge >= 0.3 is 0 Å². The molecule has 3 aromatic rings. The van der Waals surface area contributed by atoms with E-state index in [0.717, 1.165) is 16.7 Å². The highest BCUT2D eigenvalue weighted by molar-refractivity contribution is 6.31.